The van der Waals surface area contributed by atoms with Crippen molar-refractivity contribution in [2.75, 3.05) is 13.1 Å². The number of unbranched alkanes of at least 4 members (excludes halogenated alkanes) is 2. The van der Waals surface area contributed by atoms with Gasteiger partial charge in [-0.05, 0) is 89.9 Å². The van der Waals surface area contributed by atoms with E-state index in [1.165, 1.54) is 6.42 Å². The SMILES string of the molecule is C=CCCCCC(NC(=O)C1CCCN1C(=O)CNC(=O)OC(C)(C)C)B1OC2CC3CC(C3(C)C)C2(C)O1. The van der Waals surface area contributed by atoms with Crippen molar-refractivity contribution in [2.45, 2.75) is 122 Å². The molecule has 2 saturated heterocycles. The number of alkyl carbamates (subject to hydrolysis) is 1. The van der Waals surface area contributed by atoms with Gasteiger partial charge in [-0.1, -0.05) is 26.3 Å². The van der Waals surface area contributed by atoms with Crippen molar-refractivity contribution in [3.05, 3.63) is 12.7 Å². The Balaban J connectivity index is 1.39. The number of ether oxygens (including phenoxy) is 1. The molecule has 2 bridgehead atoms. The van der Waals surface area contributed by atoms with Gasteiger partial charge in [0, 0.05) is 6.54 Å². The smallest absolute Gasteiger partial charge is 0.444 e. The van der Waals surface area contributed by atoms with Crippen molar-refractivity contribution in [3.63, 3.8) is 0 Å². The van der Waals surface area contributed by atoms with Crippen LogP contribution in [0.25, 0.3) is 0 Å². The first-order chi connectivity index (χ1) is 18.3. The average Bonchev–Trinajstić information content (AvgIpc) is 3.47. The number of nitrogens with zero attached hydrogens (tertiary/aromatic N) is 1. The van der Waals surface area contributed by atoms with E-state index in [9.17, 15) is 14.4 Å². The van der Waals surface area contributed by atoms with Crippen molar-refractivity contribution in [1.82, 2.24) is 15.5 Å². The molecule has 3 saturated carbocycles. The second-order valence-corrected chi connectivity index (χ2v) is 13.6. The highest BCUT2D eigenvalue weighted by Crippen LogP contribution is 2.65. The summed E-state index contributed by atoms with van der Waals surface area (Å²) in [5.41, 5.74) is -0.765. The van der Waals surface area contributed by atoms with Gasteiger partial charge in [-0.15, -0.1) is 6.58 Å². The number of hydrogen-bond donors (Lipinski definition) is 2. The van der Waals surface area contributed by atoms with E-state index in [0.29, 0.717) is 24.8 Å². The highest BCUT2D eigenvalue weighted by Gasteiger charge is 2.68. The molecule has 39 heavy (non-hydrogen) atoms. The van der Waals surface area contributed by atoms with E-state index in [1.807, 2.05) is 6.08 Å². The molecule has 0 aromatic rings. The summed E-state index contributed by atoms with van der Waals surface area (Å²) in [5, 5.41) is 5.73. The summed E-state index contributed by atoms with van der Waals surface area (Å²) in [4.78, 5) is 40.1. The Bertz CT molecular complexity index is 952. The van der Waals surface area contributed by atoms with Crippen LogP contribution in [0.5, 0.6) is 0 Å². The summed E-state index contributed by atoms with van der Waals surface area (Å²) in [5.74, 6) is 0.299. The molecule has 0 aromatic carbocycles. The molecule has 5 aliphatic rings. The fraction of sp³-hybridized carbons (Fsp3) is 0.828. The van der Waals surface area contributed by atoms with E-state index in [-0.39, 0.29) is 41.4 Å². The van der Waals surface area contributed by atoms with Gasteiger partial charge in [0.15, 0.2) is 0 Å². The number of hydrogen-bond acceptors (Lipinski definition) is 6. The molecule has 218 valence electrons. The number of carbonyl (C=O) groups is 3. The van der Waals surface area contributed by atoms with Gasteiger partial charge >= 0.3 is 13.2 Å². The Labute approximate surface area is 234 Å². The second-order valence-electron chi connectivity index (χ2n) is 13.6. The lowest BCUT2D eigenvalue weighted by atomic mass is 9.43. The van der Waals surface area contributed by atoms with Crippen molar-refractivity contribution >= 4 is 25.0 Å². The summed E-state index contributed by atoms with van der Waals surface area (Å²) in [6, 6.07) is -0.584. The van der Waals surface area contributed by atoms with Crippen LogP contribution in [0.1, 0.15) is 92.9 Å². The monoisotopic (exact) mass is 545 g/mol. The molecule has 6 unspecified atom stereocenters. The quantitative estimate of drug-likeness (QED) is 0.244. The lowest BCUT2D eigenvalue weighted by Gasteiger charge is -2.64. The third-order valence-corrected chi connectivity index (χ3v) is 9.46. The van der Waals surface area contributed by atoms with Crippen LogP contribution in [0.3, 0.4) is 0 Å². The van der Waals surface area contributed by atoms with Gasteiger partial charge in [-0.25, -0.2) is 4.79 Å². The Morgan fingerprint density at radius 1 is 1.21 bits per heavy atom. The zero-order valence-corrected chi connectivity index (χ0v) is 24.7. The first kappa shape index (κ1) is 29.9. The van der Waals surface area contributed by atoms with E-state index < -0.39 is 24.9 Å². The van der Waals surface area contributed by atoms with Crippen molar-refractivity contribution in [2.24, 2.45) is 17.3 Å². The summed E-state index contributed by atoms with van der Waals surface area (Å²) in [6.07, 6.45) is 8.30. The van der Waals surface area contributed by atoms with Crippen molar-refractivity contribution < 1.29 is 28.4 Å². The van der Waals surface area contributed by atoms with Gasteiger partial charge in [-0.2, -0.15) is 0 Å². The second kappa shape index (κ2) is 11.4. The van der Waals surface area contributed by atoms with Crippen molar-refractivity contribution in [1.29, 1.82) is 0 Å². The number of nitrogens with one attached hydrogen (secondary N) is 2. The van der Waals surface area contributed by atoms with E-state index in [2.05, 4.69) is 38.0 Å². The normalized spacial score (nSPS) is 31.6. The summed E-state index contributed by atoms with van der Waals surface area (Å²) >= 11 is 0. The van der Waals surface area contributed by atoms with Gasteiger partial charge in [0.1, 0.15) is 18.2 Å². The number of allylic oxidation sites excluding steroid dienone is 1. The molecule has 3 amide bonds. The number of carbonyl (C=O) groups excluding carboxylic acids is 3. The number of rotatable bonds is 10. The molecule has 10 heteroatoms. The molecule has 3 aliphatic carbocycles. The minimum Gasteiger partial charge on any atom is -0.444 e. The summed E-state index contributed by atoms with van der Waals surface area (Å²) in [7, 11) is -0.512. The van der Waals surface area contributed by atoms with Crippen LogP contribution in [0.15, 0.2) is 12.7 Å². The molecule has 0 spiro atoms. The third-order valence-electron chi connectivity index (χ3n) is 9.46. The topological polar surface area (TPSA) is 106 Å². The lowest BCUT2D eigenvalue weighted by Crippen LogP contribution is -2.65. The van der Waals surface area contributed by atoms with Gasteiger partial charge in [-0.3, -0.25) is 9.59 Å². The first-order valence-corrected chi connectivity index (χ1v) is 14.8. The van der Waals surface area contributed by atoms with Crippen LogP contribution in [0.4, 0.5) is 4.79 Å². The lowest BCUT2D eigenvalue weighted by molar-refractivity contribution is -0.199. The predicted molar refractivity (Wildman–Crippen MR) is 150 cm³/mol. The zero-order valence-electron chi connectivity index (χ0n) is 24.7. The van der Waals surface area contributed by atoms with Crippen LogP contribution in [-0.4, -0.2) is 72.3 Å². The van der Waals surface area contributed by atoms with E-state index in [0.717, 1.165) is 38.5 Å². The molecular weight excluding hydrogens is 497 g/mol. The molecule has 5 rings (SSSR count). The van der Waals surface area contributed by atoms with Gasteiger partial charge < -0.3 is 29.6 Å². The maximum atomic E-state index is 13.6. The Morgan fingerprint density at radius 2 is 1.95 bits per heavy atom. The Kier molecular flexibility index (Phi) is 8.77. The highest BCUT2D eigenvalue weighted by atomic mass is 16.7. The minimum absolute atomic E-state index is 0.0373. The van der Waals surface area contributed by atoms with Gasteiger partial charge in [0.05, 0.1) is 17.6 Å². The molecular formula is C29H48BN3O6. The number of amides is 3. The molecule has 5 fully saturated rings. The van der Waals surface area contributed by atoms with E-state index >= 15 is 0 Å². The molecule has 6 atom stereocenters. The highest BCUT2D eigenvalue weighted by molar-refractivity contribution is 6.47. The first-order valence-electron chi connectivity index (χ1n) is 14.8. The van der Waals surface area contributed by atoms with Crippen LogP contribution < -0.4 is 10.6 Å². The standard InChI is InChI=1S/C29H48BN3O6/c1-8-9-10-11-14-23(30-38-22-17-19-16-21(28(19,5)6)29(22,7)39-30)32-25(35)20-13-12-15-33(20)24(34)18-31-26(36)37-27(2,3)4/h8,19-23H,1,9-18H2,2-7H3,(H,31,36)(H,32,35). The largest absolute Gasteiger partial charge is 0.481 e. The molecule has 2 heterocycles. The minimum atomic E-state index is -0.654. The Hall–Kier alpha value is -2.07. The zero-order chi connectivity index (χ0) is 28.6. The summed E-state index contributed by atoms with van der Waals surface area (Å²) < 4.78 is 18.5. The van der Waals surface area contributed by atoms with Crippen LogP contribution >= 0.6 is 0 Å². The van der Waals surface area contributed by atoms with E-state index in [1.54, 1.807) is 25.7 Å². The van der Waals surface area contributed by atoms with Crippen LogP contribution in [0.2, 0.25) is 0 Å². The predicted octanol–water partition coefficient (Wildman–Crippen LogP) is 4.00. The summed E-state index contributed by atoms with van der Waals surface area (Å²) in [6.45, 7) is 16.2. The van der Waals surface area contributed by atoms with Crippen molar-refractivity contribution in [3.8, 4) is 0 Å². The number of likely N-dealkylation sites (tertiary alicyclic amines) is 1. The third kappa shape index (κ3) is 6.32. The molecule has 2 aliphatic heterocycles. The van der Waals surface area contributed by atoms with Gasteiger partial charge in [0.25, 0.3) is 0 Å². The maximum Gasteiger partial charge on any atom is 0.481 e. The fourth-order valence-electron chi connectivity index (χ4n) is 7.18. The van der Waals surface area contributed by atoms with Crippen LogP contribution in [0, 0.1) is 17.3 Å². The van der Waals surface area contributed by atoms with Crippen LogP contribution in [-0.2, 0) is 23.6 Å². The Morgan fingerprint density at radius 3 is 2.62 bits per heavy atom. The maximum absolute atomic E-state index is 13.6. The molecule has 2 N–H and O–H groups in total. The molecule has 0 aromatic heterocycles. The molecule has 0 radical (unpaired) electrons. The molecule has 9 nitrogen and oxygen atoms in total. The van der Waals surface area contributed by atoms with E-state index in [4.69, 9.17) is 14.0 Å². The fourth-order valence-corrected chi connectivity index (χ4v) is 7.18. The van der Waals surface area contributed by atoms with Gasteiger partial charge in [0.2, 0.25) is 11.8 Å². The average molecular weight is 546 g/mol.